The van der Waals surface area contributed by atoms with Gasteiger partial charge in [-0.3, -0.25) is 4.79 Å². The van der Waals surface area contributed by atoms with Crippen LogP contribution in [-0.2, 0) is 12.7 Å². The van der Waals surface area contributed by atoms with Crippen molar-refractivity contribution in [3.8, 4) is 11.8 Å². The molecule has 2 aromatic heterocycles. The highest BCUT2D eigenvalue weighted by Gasteiger charge is 2.32. The van der Waals surface area contributed by atoms with Crippen molar-refractivity contribution in [1.82, 2.24) is 19.7 Å². The smallest absolute Gasteiger partial charge is 0.396 e. The number of nitrogens with two attached hydrogens (primary N) is 1. The number of anilines is 2. The molecular formula is C28H29F3N6O2. The van der Waals surface area contributed by atoms with Gasteiger partial charge in [0.1, 0.15) is 24.1 Å². The number of fused-ring (bicyclic) bond motifs is 1. The summed E-state index contributed by atoms with van der Waals surface area (Å²) in [5, 5.41) is 17.6. The molecule has 0 unspecified atom stereocenters. The zero-order valence-corrected chi connectivity index (χ0v) is 22.0. The first-order valence-corrected chi connectivity index (χ1v) is 12.0. The maximum absolute atomic E-state index is 12.2. The first-order valence-electron chi connectivity index (χ1n) is 12.0. The van der Waals surface area contributed by atoms with Crippen LogP contribution in [0.15, 0.2) is 42.7 Å². The molecule has 0 bridgehead atoms. The minimum Gasteiger partial charge on any atom is -0.396 e. The number of rotatable bonds is 5. The Balaban J connectivity index is 0.000000272. The molecule has 11 heteroatoms. The first kappa shape index (κ1) is 29.1. The predicted octanol–water partition coefficient (Wildman–Crippen LogP) is 4.61. The number of aryl methyl sites for hydroxylation is 2. The van der Waals surface area contributed by atoms with Crippen LogP contribution in [0.5, 0.6) is 0 Å². The fourth-order valence-corrected chi connectivity index (χ4v) is 3.66. The zero-order valence-electron chi connectivity index (χ0n) is 22.0. The molecule has 0 spiro atoms. The summed E-state index contributed by atoms with van der Waals surface area (Å²) >= 11 is 0. The van der Waals surface area contributed by atoms with Crippen molar-refractivity contribution in [1.29, 1.82) is 0 Å². The molecule has 39 heavy (non-hydrogen) atoms. The van der Waals surface area contributed by atoms with E-state index in [1.54, 1.807) is 4.68 Å². The van der Waals surface area contributed by atoms with Crippen molar-refractivity contribution in [2.45, 2.75) is 33.5 Å². The summed E-state index contributed by atoms with van der Waals surface area (Å²) in [4.78, 5) is 18.6. The highest BCUT2D eigenvalue weighted by Crippen LogP contribution is 2.32. The number of aliphatic hydroxyl groups is 1. The molecule has 2 heterocycles. The normalized spacial score (nSPS) is 11.7. The molecule has 2 aromatic carbocycles. The Morgan fingerprint density at radius 2 is 1.85 bits per heavy atom. The second kappa shape index (κ2) is 12.4. The van der Waals surface area contributed by atoms with Crippen LogP contribution in [0.3, 0.4) is 0 Å². The average molecular weight is 539 g/mol. The monoisotopic (exact) mass is 538 g/mol. The number of nitrogen functional groups attached to an aromatic ring is 1. The lowest BCUT2D eigenvalue weighted by Crippen LogP contribution is -2.12. The standard InChI is InChI=1S/C19H22N6O.C9H7F3O/c1-12(10-26)9-25-19-17(18(20)22-11-23-19)16(24-25)7-5-14-8-15(21-3)6-4-13(14)2;1-6-2-3-7(5-13)4-8(6)9(10,11)12/h4,6,8,11-12,21,26H,9-10H2,1-3H3,(H2,20,22,23);2-5H,1H3/t12-;/m0./s1. The number of aliphatic hydroxyl groups excluding tert-OH is 1. The number of benzene rings is 2. The summed E-state index contributed by atoms with van der Waals surface area (Å²) in [6.45, 7) is 5.91. The molecule has 4 rings (SSSR count). The average Bonchev–Trinajstić information content (AvgIpc) is 3.26. The van der Waals surface area contributed by atoms with Gasteiger partial charge >= 0.3 is 6.18 Å². The molecule has 0 saturated carbocycles. The Morgan fingerprint density at radius 3 is 2.49 bits per heavy atom. The number of carbonyl (C=O) groups excluding carboxylic acids is 1. The number of carbonyl (C=O) groups is 1. The van der Waals surface area contributed by atoms with Gasteiger partial charge in [-0.2, -0.15) is 18.3 Å². The third-order valence-electron chi connectivity index (χ3n) is 5.90. The van der Waals surface area contributed by atoms with Gasteiger partial charge in [-0.1, -0.05) is 31.0 Å². The van der Waals surface area contributed by atoms with Crippen molar-refractivity contribution >= 4 is 28.8 Å². The quantitative estimate of drug-likeness (QED) is 0.251. The maximum Gasteiger partial charge on any atom is 0.416 e. The number of nitrogens with zero attached hydrogens (tertiary/aromatic N) is 4. The Morgan fingerprint density at radius 1 is 1.13 bits per heavy atom. The van der Waals surface area contributed by atoms with E-state index in [9.17, 15) is 23.1 Å². The van der Waals surface area contributed by atoms with Crippen LogP contribution in [0.4, 0.5) is 24.7 Å². The van der Waals surface area contributed by atoms with Crippen molar-refractivity contribution in [3.63, 3.8) is 0 Å². The fraction of sp³-hybridized carbons (Fsp3) is 0.286. The Labute approximate surface area is 224 Å². The number of hydrogen-bond acceptors (Lipinski definition) is 7. The lowest BCUT2D eigenvalue weighted by Gasteiger charge is -2.09. The van der Waals surface area contributed by atoms with E-state index < -0.39 is 11.7 Å². The second-order valence-corrected chi connectivity index (χ2v) is 9.00. The van der Waals surface area contributed by atoms with Gasteiger partial charge in [-0.25, -0.2) is 14.6 Å². The van der Waals surface area contributed by atoms with Crippen molar-refractivity contribution in [2.24, 2.45) is 5.92 Å². The van der Waals surface area contributed by atoms with Crippen LogP contribution in [0, 0.1) is 31.6 Å². The van der Waals surface area contributed by atoms with Gasteiger partial charge in [0, 0.05) is 37.0 Å². The number of nitrogens with one attached hydrogen (secondary N) is 1. The van der Waals surface area contributed by atoms with Crippen LogP contribution in [-0.4, -0.2) is 44.8 Å². The number of halogens is 3. The van der Waals surface area contributed by atoms with Crippen LogP contribution in [0.1, 0.15) is 45.2 Å². The molecule has 0 radical (unpaired) electrons. The number of aldehydes is 1. The molecule has 4 aromatic rings. The summed E-state index contributed by atoms with van der Waals surface area (Å²) in [7, 11) is 1.87. The van der Waals surface area contributed by atoms with E-state index in [0.29, 0.717) is 35.4 Å². The van der Waals surface area contributed by atoms with E-state index in [0.717, 1.165) is 22.9 Å². The molecule has 0 aliphatic rings. The molecule has 0 amide bonds. The Kier molecular flexibility index (Phi) is 9.27. The van der Waals surface area contributed by atoms with E-state index >= 15 is 0 Å². The number of aromatic nitrogens is 4. The molecule has 0 saturated heterocycles. The van der Waals surface area contributed by atoms with Crippen LogP contribution in [0.2, 0.25) is 0 Å². The SMILES string of the molecule is CNc1ccc(C)c(C#Cc2nn(C[C@H](C)CO)c3ncnc(N)c23)c1.Cc1ccc(C=O)cc1C(F)(F)F. The largest absolute Gasteiger partial charge is 0.416 e. The molecule has 204 valence electrons. The molecule has 4 N–H and O–H groups in total. The second-order valence-electron chi connectivity index (χ2n) is 9.00. The third-order valence-corrected chi connectivity index (χ3v) is 5.90. The van der Waals surface area contributed by atoms with Crippen LogP contribution >= 0.6 is 0 Å². The lowest BCUT2D eigenvalue weighted by atomic mass is 10.1. The van der Waals surface area contributed by atoms with E-state index in [1.165, 1.54) is 25.4 Å². The highest BCUT2D eigenvalue weighted by molar-refractivity contribution is 5.90. The predicted molar refractivity (Wildman–Crippen MR) is 144 cm³/mol. The van der Waals surface area contributed by atoms with E-state index in [1.807, 2.05) is 39.1 Å². The lowest BCUT2D eigenvalue weighted by molar-refractivity contribution is -0.138. The summed E-state index contributed by atoms with van der Waals surface area (Å²) in [5.41, 5.74) is 9.62. The first-order chi connectivity index (χ1) is 18.5. The van der Waals surface area contributed by atoms with Crippen molar-refractivity contribution in [3.05, 3.63) is 76.2 Å². The fourth-order valence-electron chi connectivity index (χ4n) is 3.66. The summed E-state index contributed by atoms with van der Waals surface area (Å²) in [6, 6.07) is 9.52. The van der Waals surface area contributed by atoms with E-state index in [-0.39, 0.29) is 23.7 Å². The van der Waals surface area contributed by atoms with Crippen LogP contribution in [0.25, 0.3) is 11.0 Å². The highest BCUT2D eigenvalue weighted by atomic mass is 19.4. The van der Waals surface area contributed by atoms with Crippen molar-refractivity contribution < 1.29 is 23.1 Å². The minimum atomic E-state index is -4.39. The van der Waals surface area contributed by atoms with Gasteiger partial charge in [-0.15, -0.1) is 0 Å². The van der Waals surface area contributed by atoms with Crippen LogP contribution < -0.4 is 11.1 Å². The van der Waals surface area contributed by atoms with Gasteiger partial charge in [0.2, 0.25) is 0 Å². The topological polar surface area (TPSA) is 119 Å². The van der Waals surface area contributed by atoms with Gasteiger partial charge in [0.25, 0.3) is 0 Å². The number of alkyl halides is 3. The van der Waals surface area contributed by atoms with Gasteiger partial charge in [-0.05, 0) is 55.0 Å². The third kappa shape index (κ3) is 7.12. The summed E-state index contributed by atoms with van der Waals surface area (Å²) in [5.74, 6) is 6.69. The maximum atomic E-state index is 12.2. The molecule has 0 fully saturated rings. The van der Waals surface area contributed by atoms with Gasteiger partial charge in [0.05, 0.1) is 10.9 Å². The van der Waals surface area contributed by atoms with E-state index in [2.05, 4.69) is 32.2 Å². The minimum absolute atomic E-state index is 0.0397. The molecule has 0 aliphatic carbocycles. The molecule has 1 atom stereocenters. The van der Waals surface area contributed by atoms with E-state index in [4.69, 9.17) is 5.73 Å². The Hall–Kier alpha value is -4.43. The molecule has 8 nitrogen and oxygen atoms in total. The molecule has 0 aliphatic heterocycles. The summed E-state index contributed by atoms with van der Waals surface area (Å²) < 4.78 is 38.5. The number of hydrogen-bond donors (Lipinski definition) is 3. The molecular weight excluding hydrogens is 509 g/mol. The van der Waals surface area contributed by atoms with Crippen molar-refractivity contribution in [2.75, 3.05) is 24.7 Å². The van der Waals surface area contributed by atoms with Gasteiger partial charge < -0.3 is 16.2 Å². The van der Waals surface area contributed by atoms with Gasteiger partial charge in [0.15, 0.2) is 5.65 Å². The zero-order chi connectivity index (χ0) is 28.7. The Bertz CT molecular complexity index is 1540. The summed E-state index contributed by atoms with van der Waals surface area (Å²) in [6.07, 6.45) is -2.57.